The molecule has 1 aromatic rings. The molecule has 1 unspecified atom stereocenters. The van der Waals surface area contributed by atoms with Crippen molar-refractivity contribution in [1.82, 2.24) is 10.6 Å². The van der Waals surface area contributed by atoms with Crippen LogP contribution in [0.1, 0.15) is 35.7 Å². The first kappa shape index (κ1) is 16.6. The van der Waals surface area contributed by atoms with Crippen molar-refractivity contribution >= 4 is 18.3 Å². The van der Waals surface area contributed by atoms with Crippen LogP contribution in [0.25, 0.3) is 0 Å². The lowest BCUT2D eigenvalue weighted by Gasteiger charge is -2.30. The molecule has 5 heteroatoms. The van der Waals surface area contributed by atoms with Crippen LogP contribution < -0.4 is 15.5 Å². The van der Waals surface area contributed by atoms with E-state index in [0.717, 1.165) is 56.3 Å². The van der Waals surface area contributed by atoms with Gasteiger partial charge in [0.1, 0.15) is 12.6 Å². The average molecular weight is 303 g/mol. The van der Waals surface area contributed by atoms with Crippen LogP contribution >= 0.6 is 0 Å². The molecule has 2 rings (SSSR count). The molecule has 22 heavy (non-hydrogen) atoms. The standard InChI is InChI=1S/C17H25N3O2/c1-14(3-2-10-21)19-12-16-11-17(5-4-15(16)13-22)20-8-6-18-7-9-20/h4-5,10-11,13-14,18-19H,2-3,6-9,12H2,1H3. The summed E-state index contributed by atoms with van der Waals surface area (Å²) < 4.78 is 0. The third-order valence-corrected chi connectivity index (χ3v) is 4.09. The lowest BCUT2D eigenvalue weighted by atomic mass is 10.1. The topological polar surface area (TPSA) is 61.4 Å². The zero-order valence-electron chi connectivity index (χ0n) is 13.2. The second-order valence-corrected chi connectivity index (χ2v) is 5.76. The van der Waals surface area contributed by atoms with E-state index in [9.17, 15) is 9.59 Å². The second kappa shape index (κ2) is 8.66. The summed E-state index contributed by atoms with van der Waals surface area (Å²) in [5.41, 5.74) is 2.92. The molecule has 0 aromatic heterocycles. The Morgan fingerprint density at radius 1 is 1.32 bits per heavy atom. The minimum Gasteiger partial charge on any atom is -0.369 e. The second-order valence-electron chi connectivity index (χ2n) is 5.76. The zero-order valence-corrected chi connectivity index (χ0v) is 13.2. The fourth-order valence-electron chi connectivity index (χ4n) is 2.68. The predicted molar refractivity (Wildman–Crippen MR) is 88.5 cm³/mol. The molecule has 1 aliphatic rings. The summed E-state index contributed by atoms with van der Waals surface area (Å²) in [7, 11) is 0. The van der Waals surface area contributed by atoms with Gasteiger partial charge in [0.15, 0.2) is 0 Å². The first-order valence-corrected chi connectivity index (χ1v) is 7.95. The largest absolute Gasteiger partial charge is 0.369 e. The Kier molecular flexibility index (Phi) is 6.55. The highest BCUT2D eigenvalue weighted by molar-refractivity contribution is 5.78. The van der Waals surface area contributed by atoms with Crippen molar-refractivity contribution in [3.63, 3.8) is 0 Å². The van der Waals surface area contributed by atoms with Crippen LogP contribution in [0.2, 0.25) is 0 Å². The molecule has 0 saturated carbocycles. The van der Waals surface area contributed by atoms with Crippen molar-refractivity contribution in [1.29, 1.82) is 0 Å². The van der Waals surface area contributed by atoms with Gasteiger partial charge in [0, 0.05) is 56.4 Å². The first-order chi connectivity index (χ1) is 10.7. The van der Waals surface area contributed by atoms with Crippen molar-refractivity contribution in [3.8, 4) is 0 Å². The van der Waals surface area contributed by atoms with Crippen molar-refractivity contribution in [2.45, 2.75) is 32.4 Å². The number of piperazine rings is 1. The van der Waals surface area contributed by atoms with Gasteiger partial charge in [-0.15, -0.1) is 0 Å². The van der Waals surface area contributed by atoms with Crippen molar-refractivity contribution in [3.05, 3.63) is 29.3 Å². The van der Waals surface area contributed by atoms with Crippen LogP contribution in [0.15, 0.2) is 18.2 Å². The molecule has 1 aliphatic heterocycles. The van der Waals surface area contributed by atoms with Gasteiger partial charge in [-0.05, 0) is 37.1 Å². The number of benzene rings is 1. The molecular formula is C17H25N3O2. The summed E-state index contributed by atoms with van der Waals surface area (Å²) in [4.78, 5) is 24.0. The minimum absolute atomic E-state index is 0.257. The number of aldehydes is 2. The van der Waals surface area contributed by atoms with E-state index < -0.39 is 0 Å². The predicted octanol–water partition coefficient (Wildman–Crippen LogP) is 1.37. The zero-order chi connectivity index (χ0) is 15.8. The van der Waals surface area contributed by atoms with Crippen molar-refractivity contribution in [2.24, 2.45) is 0 Å². The Morgan fingerprint density at radius 2 is 2.09 bits per heavy atom. The molecule has 1 fully saturated rings. The maximum atomic E-state index is 11.2. The summed E-state index contributed by atoms with van der Waals surface area (Å²) in [5.74, 6) is 0. The summed E-state index contributed by atoms with van der Waals surface area (Å²) in [6.07, 6.45) is 3.24. The maximum absolute atomic E-state index is 11.2. The summed E-state index contributed by atoms with van der Waals surface area (Å²) in [5, 5.41) is 6.73. The lowest BCUT2D eigenvalue weighted by Crippen LogP contribution is -2.43. The van der Waals surface area contributed by atoms with Crippen molar-refractivity contribution in [2.75, 3.05) is 31.1 Å². The Hall–Kier alpha value is -1.72. The Morgan fingerprint density at radius 3 is 2.77 bits per heavy atom. The quantitative estimate of drug-likeness (QED) is 0.710. The number of carbonyl (C=O) groups excluding carboxylic acids is 2. The number of nitrogens with one attached hydrogen (secondary N) is 2. The normalized spacial score (nSPS) is 16.3. The number of hydrogen-bond donors (Lipinski definition) is 2. The van der Waals surface area contributed by atoms with Gasteiger partial charge in [0.25, 0.3) is 0 Å². The van der Waals surface area contributed by atoms with E-state index in [1.165, 1.54) is 5.69 Å². The van der Waals surface area contributed by atoms with E-state index in [0.29, 0.717) is 13.0 Å². The number of carbonyl (C=O) groups is 2. The molecule has 1 saturated heterocycles. The van der Waals surface area contributed by atoms with Gasteiger partial charge < -0.3 is 20.3 Å². The third-order valence-electron chi connectivity index (χ3n) is 4.09. The summed E-state index contributed by atoms with van der Waals surface area (Å²) >= 11 is 0. The van der Waals surface area contributed by atoms with Gasteiger partial charge in [0.2, 0.25) is 0 Å². The fraction of sp³-hybridized carbons (Fsp3) is 0.529. The number of nitrogens with zero attached hydrogens (tertiary/aromatic N) is 1. The third kappa shape index (κ3) is 4.64. The molecule has 2 N–H and O–H groups in total. The SMILES string of the molecule is CC(CCC=O)NCc1cc(N2CCNCC2)ccc1C=O. The van der Waals surface area contributed by atoms with Gasteiger partial charge in [-0.3, -0.25) is 4.79 Å². The summed E-state index contributed by atoms with van der Waals surface area (Å²) in [6.45, 7) is 6.67. The Labute approximate surface area is 132 Å². The Balaban J connectivity index is 2.03. The molecule has 0 amide bonds. The number of anilines is 1. The Bertz CT molecular complexity index is 499. The highest BCUT2D eigenvalue weighted by Crippen LogP contribution is 2.19. The van der Waals surface area contributed by atoms with Gasteiger partial charge in [0.05, 0.1) is 0 Å². The highest BCUT2D eigenvalue weighted by atomic mass is 16.1. The molecular weight excluding hydrogens is 278 g/mol. The molecule has 1 heterocycles. The van der Waals surface area contributed by atoms with Gasteiger partial charge in [-0.25, -0.2) is 0 Å². The smallest absolute Gasteiger partial charge is 0.150 e. The van der Waals surface area contributed by atoms with Gasteiger partial charge >= 0.3 is 0 Å². The fourth-order valence-corrected chi connectivity index (χ4v) is 2.68. The highest BCUT2D eigenvalue weighted by Gasteiger charge is 2.13. The van der Waals surface area contributed by atoms with Gasteiger partial charge in [-0.1, -0.05) is 0 Å². The van der Waals surface area contributed by atoms with E-state index >= 15 is 0 Å². The molecule has 5 nitrogen and oxygen atoms in total. The first-order valence-electron chi connectivity index (χ1n) is 7.95. The summed E-state index contributed by atoms with van der Waals surface area (Å²) in [6, 6.07) is 6.29. The van der Waals surface area contributed by atoms with Crippen LogP contribution in [0.4, 0.5) is 5.69 Å². The van der Waals surface area contributed by atoms with E-state index in [2.05, 4.69) is 28.5 Å². The minimum atomic E-state index is 0.257. The molecule has 1 aromatic carbocycles. The van der Waals surface area contributed by atoms with Crippen LogP contribution in [-0.4, -0.2) is 44.8 Å². The van der Waals surface area contributed by atoms with Crippen LogP contribution in [0, 0.1) is 0 Å². The molecule has 0 aliphatic carbocycles. The van der Waals surface area contributed by atoms with Crippen LogP contribution in [0.5, 0.6) is 0 Å². The van der Waals surface area contributed by atoms with Crippen LogP contribution in [-0.2, 0) is 11.3 Å². The number of hydrogen-bond acceptors (Lipinski definition) is 5. The van der Waals surface area contributed by atoms with Gasteiger partial charge in [-0.2, -0.15) is 0 Å². The van der Waals surface area contributed by atoms with E-state index in [4.69, 9.17) is 0 Å². The van der Waals surface area contributed by atoms with Crippen molar-refractivity contribution < 1.29 is 9.59 Å². The molecule has 1 atom stereocenters. The van der Waals surface area contributed by atoms with E-state index in [1.807, 2.05) is 12.1 Å². The van der Waals surface area contributed by atoms with E-state index in [-0.39, 0.29) is 6.04 Å². The molecule has 0 bridgehead atoms. The monoisotopic (exact) mass is 303 g/mol. The molecule has 120 valence electrons. The molecule has 0 radical (unpaired) electrons. The molecule has 0 spiro atoms. The lowest BCUT2D eigenvalue weighted by molar-refractivity contribution is -0.108. The number of rotatable bonds is 8. The average Bonchev–Trinajstić information content (AvgIpc) is 2.58. The maximum Gasteiger partial charge on any atom is 0.150 e. The van der Waals surface area contributed by atoms with E-state index in [1.54, 1.807) is 0 Å². The van der Waals surface area contributed by atoms with Crippen LogP contribution in [0.3, 0.4) is 0 Å².